The summed E-state index contributed by atoms with van der Waals surface area (Å²) in [6, 6.07) is 8.40. The van der Waals surface area contributed by atoms with E-state index in [-0.39, 0.29) is 19.1 Å². The summed E-state index contributed by atoms with van der Waals surface area (Å²) in [5.74, 6) is -1.15. The maximum atomic E-state index is 13.7. The monoisotopic (exact) mass is 369 g/mol. The molecular weight excluding hydrogens is 352 g/mol. The molecule has 0 bridgehead atoms. The zero-order valence-corrected chi connectivity index (χ0v) is 14.3. The molecule has 1 heterocycles. The van der Waals surface area contributed by atoms with Gasteiger partial charge in [0.05, 0.1) is 13.7 Å². The van der Waals surface area contributed by atoms with Crippen molar-refractivity contribution >= 4 is 10.0 Å². The lowest BCUT2D eigenvalue weighted by atomic mass is 9.96. The van der Waals surface area contributed by atoms with Crippen LogP contribution in [0.25, 0.3) is 0 Å². The van der Waals surface area contributed by atoms with E-state index in [0.29, 0.717) is 17.9 Å². The van der Waals surface area contributed by atoms with Gasteiger partial charge < -0.3 is 9.47 Å². The van der Waals surface area contributed by atoms with Crippen molar-refractivity contribution in [3.05, 3.63) is 53.6 Å². The number of sulfonamides is 1. The van der Waals surface area contributed by atoms with Gasteiger partial charge in [-0.25, -0.2) is 21.9 Å². The Hall–Kier alpha value is -2.19. The second-order valence-electron chi connectivity index (χ2n) is 5.73. The van der Waals surface area contributed by atoms with Gasteiger partial charge in [-0.1, -0.05) is 18.2 Å². The van der Waals surface area contributed by atoms with Crippen LogP contribution in [0.3, 0.4) is 0 Å². The SMILES string of the molecule is COc1cccc2c1OC[C@@H](CNS(=O)(=O)c1c(F)cccc1F)C2. The van der Waals surface area contributed by atoms with Crippen molar-refractivity contribution in [2.24, 2.45) is 5.92 Å². The fourth-order valence-corrected chi connectivity index (χ4v) is 4.04. The molecule has 2 aromatic carbocycles. The van der Waals surface area contributed by atoms with Crippen molar-refractivity contribution in [2.45, 2.75) is 11.3 Å². The zero-order valence-electron chi connectivity index (χ0n) is 13.5. The Morgan fingerprint density at radius 2 is 1.88 bits per heavy atom. The smallest absolute Gasteiger partial charge is 0.246 e. The van der Waals surface area contributed by atoms with Crippen LogP contribution in [0.4, 0.5) is 8.78 Å². The maximum Gasteiger partial charge on any atom is 0.246 e. The van der Waals surface area contributed by atoms with Crippen molar-refractivity contribution < 1.29 is 26.7 Å². The fraction of sp³-hybridized carbons (Fsp3) is 0.294. The Morgan fingerprint density at radius 1 is 1.20 bits per heavy atom. The Kier molecular flexibility index (Phi) is 4.91. The number of para-hydroxylation sites is 1. The van der Waals surface area contributed by atoms with Crippen LogP contribution in [0, 0.1) is 17.6 Å². The van der Waals surface area contributed by atoms with Gasteiger partial charge in [-0.3, -0.25) is 0 Å². The quantitative estimate of drug-likeness (QED) is 0.880. The third kappa shape index (κ3) is 3.59. The fourth-order valence-electron chi connectivity index (χ4n) is 2.79. The van der Waals surface area contributed by atoms with E-state index < -0.39 is 26.6 Å². The van der Waals surface area contributed by atoms with Crippen molar-refractivity contribution in [3.63, 3.8) is 0 Å². The molecule has 1 aliphatic rings. The molecule has 8 heteroatoms. The van der Waals surface area contributed by atoms with E-state index >= 15 is 0 Å². The average Bonchev–Trinajstić information content (AvgIpc) is 2.59. The molecule has 25 heavy (non-hydrogen) atoms. The van der Waals surface area contributed by atoms with Crippen LogP contribution in [0.1, 0.15) is 5.56 Å². The lowest BCUT2D eigenvalue weighted by molar-refractivity contribution is 0.213. The van der Waals surface area contributed by atoms with E-state index in [4.69, 9.17) is 9.47 Å². The molecule has 3 rings (SSSR count). The first-order valence-electron chi connectivity index (χ1n) is 7.64. The number of fused-ring (bicyclic) bond motifs is 1. The Labute approximate surface area is 144 Å². The topological polar surface area (TPSA) is 64.6 Å². The van der Waals surface area contributed by atoms with Crippen molar-refractivity contribution in [3.8, 4) is 11.5 Å². The number of halogens is 2. The van der Waals surface area contributed by atoms with Gasteiger partial charge in [0.15, 0.2) is 16.4 Å². The van der Waals surface area contributed by atoms with E-state index in [1.165, 1.54) is 0 Å². The molecule has 0 saturated carbocycles. The second-order valence-corrected chi connectivity index (χ2v) is 7.44. The summed E-state index contributed by atoms with van der Waals surface area (Å²) in [7, 11) is -2.75. The third-order valence-electron chi connectivity index (χ3n) is 4.00. The lowest BCUT2D eigenvalue weighted by Crippen LogP contribution is -2.35. The molecule has 0 aromatic heterocycles. The normalized spacial score (nSPS) is 16.8. The molecule has 1 atom stereocenters. The summed E-state index contributed by atoms with van der Waals surface area (Å²) in [6.45, 7) is 0.280. The van der Waals surface area contributed by atoms with Crippen LogP contribution in [0.5, 0.6) is 11.5 Å². The number of hydrogen-bond acceptors (Lipinski definition) is 4. The molecule has 0 fully saturated rings. The minimum atomic E-state index is -4.29. The van der Waals surface area contributed by atoms with Crippen LogP contribution < -0.4 is 14.2 Å². The molecule has 0 amide bonds. The van der Waals surface area contributed by atoms with E-state index in [1.54, 1.807) is 13.2 Å². The average molecular weight is 369 g/mol. The van der Waals surface area contributed by atoms with Crippen LogP contribution in [-0.4, -0.2) is 28.7 Å². The Bertz CT molecular complexity index is 866. The van der Waals surface area contributed by atoms with E-state index in [2.05, 4.69) is 4.72 Å². The largest absolute Gasteiger partial charge is 0.493 e. The first-order valence-corrected chi connectivity index (χ1v) is 9.13. The molecule has 0 radical (unpaired) electrons. The minimum Gasteiger partial charge on any atom is -0.493 e. The van der Waals surface area contributed by atoms with Crippen molar-refractivity contribution in [1.29, 1.82) is 0 Å². The van der Waals surface area contributed by atoms with Crippen LogP contribution in [0.2, 0.25) is 0 Å². The van der Waals surface area contributed by atoms with E-state index in [9.17, 15) is 17.2 Å². The highest BCUT2D eigenvalue weighted by Gasteiger charge is 2.27. The number of benzene rings is 2. The summed E-state index contributed by atoms with van der Waals surface area (Å²) >= 11 is 0. The standard InChI is InChI=1S/C17H17F2NO4S/c1-23-15-7-2-4-12-8-11(10-24-16(12)15)9-20-25(21,22)17-13(18)5-3-6-14(17)19/h2-7,11,20H,8-10H2,1H3/t11-/m1/s1. The van der Waals surface area contributed by atoms with Gasteiger partial charge in [-0.15, -0.1) is 0 Å². The van der Waals surface area contributed by atoms with E-state index in [0.717, 1.165) is 23.8 Å². The number of ether oxygens (including phenoxy) is 2. The first-order chi connectivity index (χ1) is 11.9. The zero-order chi connectivity index (χ0) is 18.0. The predicted molar refractivity (Wildman–Crippen MR) is 87.2 cm³/mol. The highest BCUT2D eigenvalue weighted by atomic mass is 32.2. The molecule has 2 aromatic rings. The molecule has 1 aliphatic heterocycles. The number of rotatable bonds is 5. The third-order valence-corrected chi connectivity index (χ3v) is 5.48. The Balaban J connectivity index is 1.72. The Morgan fingerprint density at radius 3 is 2.56 bits per heavy atom. The van der Waals surface area contributed by atoms with Crippen molar-refractivity contribution in [1.82, 2.24) is 4.72 Å². The van der Waals surface area contributed by atoms with Gasteiger partial charge in [0.2, 0.25) is 10.0 Å². The predicted octanol–water partition coefficient (Wildman–Crippen LogP) is 2.50. The molecular formula is C17H17F2NO4S. The van der Waals surface area contributed by atoms with Gasteiger partial charge in [0.1, 0.15) is 11.6 Å². The molecule has 1 N–H and O–H groups in total. The van der Waals surface area contributed by atoms with Gasteiger partial charge in [0, 0.05) is 12.5 Å². The van der Waals surface area contributed by atoms with Crippen LogP contribution >= 0.6 is 0 Å². The molecule has 0 aliphatic carbocycles. The van der Waals surface area contributed by atoms with Gasteiger partial charge >= 0.3 is 0 Å². The highest BCUT2D eigenvalue weighted by Crippen LogP contribution is 2.35. The second kappa shape index (κ2) is 6.97. The summed E-state index contributed by atoms with van der Waals surface area (Å²) in [4.78, 5) is -0.964. The number of hydrogen-bond donors (Lipinski definition) is 1. The molecule has 5 nitrogen and oxygen atoms in total. The van der Waals surface area contributed by atoms with Crippen LogP contribution in [0.15, 0.2) is 41.3 Å². The number of nitrogens with one attached hydrogen (secondary N) is 1. The highest BCUT2D eigenvalue weighted by molar-refractivity contribution is 7.89. The van der Waals surface area contributed by atoms with Crippen molar-refractivity contribution in [2.75, 3.05) is 20.3 Å². The van der Waals surface area contributed by atoms with Gasteiger partial charge in [-0.2, -0.15) is 0 Å². The molecule has 134 valence electrons. The lowest BCUT2D eigenvalue weighted by Gasteiger charge is -2.26. The van der Waals surface area contributed by atoms with E-state index in [1.807, 2.05) is 12.1 Å². The maximum absolute atomic E-state index is 13.7. The summed E-state index contributed by atoms with van der Waals surface area (Å²) in [6.07, 6.45) is 0.564. The number of methoxy groups -OCH3 is 1. The first kappa shape index (κ1) is 17.6. The van der Waals surface area contributed by atoms with Gasteiger partial charge in [-0.05, 0) is 30.2 Å². The summed E-state index contributed by atoms with van der Waals surface area (Å²) < 4.78 is 65.0. The summed E-state index contributed by atoms with van der Waals surface area (Å²) in [5, 5.41) is 0. The minimum absolute atomic E-state index is 0.00670. The summed E-state index contributed by atoms with van der Waals surface area (Å²) in [5.41, 5.74) is 0.895. The van der Waals surface area contributed by atoms with Crippen LogP contribution in [-0.2, 0) is 16.4 Å². The molecule has 0 saturated heterocycles. The van der Waals surface area contributed by atoms with Gasteiger partial charge in [0.25, 0.3) is 0 Å². The molecule has 0 unspecified atom stereocenters. The molecule has 0 spiro atoms.